The van der Waals surface area contributed by atoms with Crippen molar-refractivity contribution in [1.29, 1.82) is 0 Å². The van der Waals surface area contributed by atoms with Crippen LogP contribution >= 0.6 is 11.6 Å². The van der Waals surface area contributed by atoms with E-state index in [2.05, 4.69) is 23.5 Å². The molecule has 2 N–H and O–H groups in total. The Morgan fingerprint density at radius 3 is 2.25 bits per heavy atom. The van der Waals surface area contributed by atoms with Crippen LogP contribution < -0.4 is 10.6 Å². The molecule has 32 heavy (non-hydrogen) atoms. The minimum absolute atomic E-state index is 0.111. The number of nitrogens with one attached hydrogen (secondary N) is 2. The fourth-order valence-electron chi connectivity index (χ4n) is 3.72. The van der Waals surface area contributed by atoms with Crippen LogP contribution in [0.1, 0.15) is 30.5 Å². The average molecular weight is 447 g/mol. The number of benzene rings is 3. The zero-order valence-corrected chi connectivity index (χ0v) is 18.8. The molecular weight excluding hydrogens is 420 g/mol. The Kier molecular flexibility index (Phi) is 8.33. The molecule has 0 aromatic heterocycles. The zero-order valence-electron chi connectivity index (χ0n) is 18.1. The lowest BCUT2D eigenvalue weighted by Gasteiger charge is -2.41. The molecule has 0 amide bonds. The summed E-state index contributed by atoms with van der Waals surface area (Å²) in [5, 5.41) is 7.68. The van der Waals surface area contributed by atoms with Crippen LogP contribution in [0, 0.1) is 12.3 Å². The molecule has 0 aliphatic rings. The largest absolute Gasteiger partial charge is 0.451 e. The third-order valence-electron chi connectivity index (χ3n) is 5.21. The number of carbonyl (C=O) groups is 1. The van der Waals surface area contributed by atoms with Gasteiger partial charge in [0.1, 0.15) is 0 Å². The van der Waals surface area contributed by atoms with Crippen LogP contribution in [0.4, 0.5) is 5.69 Å². The minimum Gasteiger partial charge on any atom is -0.451 e. The molecule has 0 aliphatic carbocycles. The summed E-state index contributed by atoms with van der Waals surface area (Å²) in [5.74, 6) is 1.96. The van der Waals surface area contributed by atoms with E-state index in [4.69, 9.17) is 22.8 Å². The Balaban J connectivity index is 2.23. The van der Waals surface area contributed by atoms with Gasteiger partial charge in [0, 0.05) is 10.7 Å². The van der Waals surface area contributed by atoms with Gasteiger partial charge in [-0.1, -0.05) is 85.1 Å². The highest BCUT2D eigenvalue weighted by Gasteiger charge is 2.49. The predicted molar refractivity (Wildman–Crippen MR) is 130 cm³/mol. The number of esters is 1. The highest BCUT2D eigenvalue weighted by molar-refractivity contribution is 6.30. The summed E-state index contributed by atoms with van der Waals surface area (Å²) in [6.07, 6.45) is 6.24. The van der Waals surface area contributed by atoms with Gasteiger partial charge in [0.15, 0.2) is 12.1 Å². The second-order valence-electron chi connectivity index (χ2n) is 7.38. The van der Waals surface area contributed by atoms with Gasteiger partial charge in [-0.25, -0.2) is 4.79 Å². The third kappa shape index (κ3) is 5.31. The van der Waals surface area contributed by atoms with Gasteiger partial charge >= 0.3 is 5.97 Å². The SMILES string of the molecule is C#CCOC(=O)[C@@](NCCC)(c1ccccc1)[C@@H](Nc1ccccc1)c1ccc(Cl)cc1. The van der Waals surface area contributed by atoms with Gasteiger partial charge in [0.25, 0.3) is 0 Å². The number of rotatable bonds is 10. The second-order valence-corrected chi connectivity index (χ2v) is 7.81. The standard InChI is InChI=1S/C27H27ClN2O2/c1-3-19-29-27(26(31)32-20-4-2,22-11-7-5-8-12-22)25(21-15-17-23(28)18-16-21)30-24-13-9-6-10-14-24/h2,5-18,25,29-30H,3,19-20H2,1H3/t25-,27+/m0/s1. The van der Waals surface area contributed by atoms with E-state index in [0.29, 0.717) is 11.6 Å². The van der Waals surface area contributed by atoms with E-state index >= 15 is 0 Å². The van der Waals surface area contributed by atoms with Crippen molar-refractivity contribution in [2.45, 2.75) is 24.9 Å². The highest BCUT2D eigenvalue weighted by atomic mass is 35.5. The Bertz CT molecular complexity index is 1030. The van der Waals surface area contributed by atoms with Gasteiger partial charge in [-0.2, -0.15) is 0 Å². The number of terminal acetylenes is 1. The van der Waals surface area contributed by atoms with Crippen molar-refractivity contribution in [2.75, 3.05) is 18.5 Å². The molecule has 0 bridgehead atoms. The van der Waals surface area contributed by atoms with Crippen molar-refractivity contribution in [3.05, 3.63) is 101 Å². The first-order valence-corrected chi connectivity index (χ1v) is 11.0. The summed E-state index contributed by atoms with van der Waals surface area (Å²) in [5.41, 5.74) is 1.29. The average Bonchev–Trinajstić information content (AvgIpc) is 2.84. The Morgan fingerprint density at radius 1 is 1.03 bits per heavy atom. The number of halogens is 1. The summed E-state index contributed by atoms with van der Waals surface area (Å²) in [6.45, 7) is 2.54. The van der Waals surface area contributed by atoms with Crippen molar-refractivity contribution in [3.8, 4) is 12.3 Å². The Hall–Kier alpha value is -3.26. The van der Waals surface area contributed by atoms with Crippen molar-refractivity contribution in [1.82, 2.24) is 5.32 Å². The van der Waals surface area contributed by atoms with Crippen molar-refractivity contribution >= 4 is 23.3 Å². The maximum Gasteiger partial charge on any atom is 0.334 e. The first kappa shape index (κ1) is 23.4. The Morgan fingerprint density at radius 2 is 1.66 bits per heavy atom. The number of ether oxygens (including phenoxy) is 1. The smallest absolute Gasteiger partial charge is 0.334 e. The number of para-hydroxylation sites is 1. The highest BCUT2D eigenvalue weighted by Crippen LogP contribution is 2.39. The normalized spacial score (nSPS) is 13.4. The van der Waals surface area contributed by atoms with E-state index in [1.165, 1.54) is 0 Å². The molecule has 5 heteroatoms. The molecule has 3 rings (SSSR count). The molecule has 3 aromatic carbocycles. The van der Waals surface area contributed by atoms with E-state index in [1.54, 1.807) is 0 Å². The molecule has 0 heterocycles. The first-order valence-electron chi connectivity index (χ1n) is 10.6. The molecule has 0 fully saturated rings. The molecule has 0 saturated carbocycles. The van der Waals surface area contributed by atoms with Gasteiger partial charge in [-0.05, 0) is 48.4 Å². The summed E-state index contributed by atoms with van der Waals surface area (Å²) >= 11 is 6.17. The van der Waals surface area contributed by atoms with Gasteiger partial charge in [-0.3, -0.25) is 5.32 Å². The van der Waals surface area contributed by atoms with Crippen LogP contribution in [-0.4, -0.2) is 19.1 Å². The molecule has 0 radical (unpaired) electrons. The lowest BCUT2D eigenvalue weighted by Crippen LogP contribution is -2.56. The number of hydrogen-bond donors (Lipinski definition) is 2. The van der Waals surface area contributed by atoms with E-state index in [1.807, 2.05) is 84.9 Å². The fraction of sp³-hybridized carbons (Fsp3) is 0.222. The maximum atomic E-state index is 13.8. The van der Waals surface area contributed by atoms with E-state index in [0.717, 1.165) is 23.2 Å². The number of carbonyl (C=O) groups excluding carboxylic acids is 1. The minimum atomic E-state index is -1.24. The molecule has 0 saturated heterocycles. The fourth-order valence-corrected chi connectivity index (χ4v) is 3.85. The van der Waals surface area contributed by atoms with Crippen LogP contribution in [-0.2, 0) is 15.1 Å². The van der Waals surface area contributed by atoms with Gasteiger partial charge in [0.05, 0.1) is 6.04 Å². The van der Waals surface area contributed by atoms with E-state index in [9.17, 15) is 4.79 Å². The maximum absolute atomic E-state index is 13.8. The first-order chi connectivity index (χ1) is 15.6. The summed E-state index contributed by atoms with van der Waals surface area (Å²) in [7, 11) is 0. The lowest BCUT2D eigenvalue weighted by molar-refractivity contribution is -0.151. The van der Waals surface area contributed by atoms with Crippen LogP contribution in [0.2, 0.25) is 5.02 Å². The molecular formula is C27H27ClN2O2. The van der Waals surface area contributed by atoms with Crippen molar-refractivity contribution in [2.24, 2.45) is 0 Å². The molecule has 0 aliphatic heterocycles. The molecule has 2 atom stereocenters. The summed E-state index contributed by atoms with van der Waals surface area (Å²) in [6, 6.07) is 26.3. The van der Waals surface area contributed by atoms with Gasteiger partial charge in [0.2, 0.25) is 0 Å². The summed E-state index contributed by atoms with van der Waals surface area (Å²) < 4.78 is 5.57. The molecule has 4 nitrogen and oxygen atoms in total. The van der Waals surface area contributed by atoms with Gasteiger partial charge in [-0.15, -0.1) is 6.42 Å². The lowest BCUT2D eigenvalue weighted by atomic mass is 9.78. The molecule has 3 aromatic rings. The molecule has 0 spiro atoms. The van der Waals surface area contributed by atoms with Crippen LogP contribution in [0.15, 0.2) is 84.9 Å². The number of anilines is 1. The quantitative estimate of drug-likeness (QED) is 0.316. The molecule has 164 valence electrons. The topological polar surface area (TPSA) is 50.4 Å². The van der Waals surface area contributed by atoms with Crippen LogP contribution in [0.5, 0.6) is 0 Å². The van der Waals surface area contributed by atoms with E-state index in [-0.39, 0.29) is 6.61 Å². The third-order valence-corrected chi connectivity index (χ3v) is 5.46. The zero-order chi connectivity index (χ0) is 22.8. The monoisotopic (exact) mass is 446 g/mol. The predicted octanol–water partition coefficient (Wildman–Crippen LogP) is 5.56. The summed E-state index contributed by atoms with van der Waals surface area (Å²) in [4.78, 5) is 13.8. The number of hydrogen-bond acceptors (Lipinski definition) is 4. The van der Waals surface area contributed by atoms with Crippen molar-refractivity contribution in [3.63, 3.8) is 0 Å². The Labute approximate surface area is 195 Å². The van der Waals surface area contributed by atoms with Crippen LogP contribution in [0.25, 0.3) is 0 Å². The van der Waals surface area contributed by atoms with E-state index < -0.39 is 17.6 Å². The van der Waals surface area contributed by atoms with Crippen molar-refractivity contribution < 1.29 is 9.53 Å². The van der Waals surface area contributed by atoms with Crippen LogP contribution in [0.3, 0.4) is 0 Å². The second kappa shape index (κ2) is 11.4. The molecule has 0 unspecified atom stereocenters. The van der Waals surface area contributed by atoms with Gasteiger partial charge < -0.3 is 10.1 Å².